The third-order valence-corrected chi connectivity index (χ3v) is 2.34. The highest BCUT2D eigenvalue weighted by Crippen LogP contribution is 2.32. The van der Waals surface area contributed by atoms with Crippen molar-refractivity contribution in [1.29, 1.82) is 0 Å². The Morgan fingerprint density at radius 1 is 1.11 bits per heavy atom. The van der Waals surface area contributed by atoms with Crippen molar-refractivity contribution < 1.29 is 31.1 Å². The Morgan fingerprint density at radius 2 is 1.74 bits per heavy atom. The molecule has 0 aliphatic carbocycles. The quantitative estimate of drug-likeness (QED) is 0.749. The summed E-state index contributed by atoms with van der Waals surface area (Å²) in [6.45, 7) is 0. The number of ether oxygens (including phenoxy) is 1. The van der Waals surface area contributed by atoms with E-state index in [0.29, 0.717) is 4.57 Å². The molecule has 0 bridgehead atoms. The summed E-state index contributed by atoms with van der Waals surface area (Å²) in [4.78, 5) is 3.32. The van der Waals surface area contributed by atoms with E-state index in [2.05, 4.69) is 9.72 Å². The van der Waals surface area contributed by atoms with E-state index in [4.69, 9.17) is 0 Å². The Kier molecular flexibility index (Phi) is 2.87. The summed E-state index contributed by atoms with van der Waals surface area (Å²) in [5.41, 5.74) is -0.168. The lowest BCUT2D eigenvalue weighted by Gasteiger charge is -2.09. The molecule has 0 N–H and O–H groups in total. The van der Waals surface area contributed by atoms with Crippen molar-refractivity contribution in [3.05, 3.63) is 24.0 Å². The minimum Gasteiger partial charge on any atom is -0.406 e. The molecule has 19 heavy (non-hydrogen) atoms. The van der Waals surface area contributed by atoms with Crippen molar-refractivity contribution in [2.75, 3.05) is 0 Å². The minimum absolute atomic E-state index is 0.0654. The van der Waals surface area contributed by atoms with E-state index < -0.39 is 24.1 Å². The predicted octanol–water partition coefficient (Wildman–Crippen LogP) is 3.49. The number of hydrogen-bond acceptors (Lipinski definition) is 2. The van der Waals surface area contributed by atoms with Crippen molar-refractivity contribution in [3.63, 3.8) is 0 Å². The van der Waals surface area contributed by atoms with Crippen LogP contribution in [-0.4, -0.2) is 15.9 Å². The number of benzene rings is 1. The topological polar surface area (TPSA) is 27.1 Å². The van der Waals surface area contributed by atoms with E-state index in [0.717, 1.165) is 25.2 Å². The lowest BCUT2D eigenvalue weighted by Crippen LogP contribution is -2.17. The van der Waals surface area contributed by atoms with Crippen molar-refractivity contribution >= 4 is 11.0 Å². The van der Waals surface area contributed by atoms with Gasteiger partial charge in [0.15, 0.2) is 0 Å². The highest BCUT2D eigenvalue weighted by molar-refractivity contribution is 5.77. The number of imidazole rings is 1. The summed E-state index contributed by atoms with van der Waals surface area (Å²) < 4.78 is 78.0. The second kappa shape index (κ2) is 4.04. The Hall–Kier alpha value is -1.93. The third kappa shape index (κ3) is 2.74. The van der Waals surface area contributed by atoms with Crippen LogP contribution in [0.25, 0.3) is 11.0 Å². The molecule has 9 heteroatoms. The summed E-state index contributed by atoms with van der Waals surface area (Å²) in [6, 6.07) is 2.79. The first-order chi connectivity index (χ1) is 8.58. The minimum atomic E-state index is -4.90. The van der Waals surface area contributed by atoms with E-state index >= 15 is 0 Å². The molecule has 1 aromatic carbocycles. The van der Waals surface area contributed by atoms with Gasteiger partial charge in [-0.25, -0.2) is 4.98 Å². The zero-order chi connectivity index (χ0) is 14.4. The molecule has 3 nitrogen and oxygen atoms in total. The molecule has 1 aromatic heterocycles. The van der Waals surface area contributed by atoms with Gasteiger partial charge in [0.25, 0.3) is 0 Å². The number of hydrogen-bond donors (Lipinski definition) is 0. The number of fused-ring (bicyclic) bond motifs is 1. The van der Waals surface area contributed by atoms with Crippen LogP contribution < -0.4 is 4.74 Å². The van der Waals surface area contributed by atoms with Gasteiger partial charge in [-0.05, 0) is 12.1 Å². The van der Waals surface area contributed by atoms with E-state index in [-0.39, 0.29) is 11.0 Å². The van der Waals surface area contributed by atoms with Crippen molar-refractivity contribution in [2.24, 2.45) is 7.05 Å². The zero-order valence-electron chi connectivity index (χ0n) is 9.30. The fourth-order valence-corrected chi connectivity index (χ4v) is 1.62. The largest absolute Gasteiger partial charge is 0.573 e. The van der Waals surface area contributed by atoms with Gasteiger partial charge < -0.3 is 9.30 Å². The third-order valence-electron chi connectivity index (χ3n) is 2.34. The highest BCUT2D eigenvalue weighted by atomic mass is 19.4. The van der Waals surface area contributed by atoms with Crippen LogP contribution in [0.15, 0.2) is 18.2 Å². The molecule has 2 rings (SSSR count). The van der Waals surface area contributed by atoms with Gasteiger partial charge in [-0.1, -0.05) is 0 Å². The second-order valence-corrected chi connectivity index (χ2v) is 3.69. The maximum Gasteiger partial charge on any atom is 0.573 e. The molecule has 0 aliphatic heterocycles. The smallest absolute Gasteiger partial charge is 0.406 e. The molecular formula is C10H6F6N2O. The van der Waals surface area contributed by atoms with E-state index in [1.807, 2.05) is 0 Å². The molecule has 0 spiro atoms. The van der Waals surface area contributed by atoms with Crippen LogP contribution in [0, 0.1) is 0 Å². The summed E-state index contributed by atoms with van der Waals surface area (Å²) in [5, 5.41) is 0. The molecule has 0 fully saturated rings. The monoisotopic (exact) mass is 284 g/mol. The van der Waals surface area contributed by atoms with Gasteiger partial charge in [0.05, 0.1) is 11.0 Å². The molecule has 104 valence electrons. The van der Waals surface area contributed by atoms with Gasteiger partial charge >= 0.3 is 12.5 Å². The van der Waals surface area contributed by atoms with E-state index in [9.17, 15) is 26.3 Å². The van der Waals surface area contributed by atoms with Gasteiger partial charge in [0.2, 0.25) is 5.82 Å². The van der Waals surface area contributed by atoms with Crippen molar-refractivity contribution in [1.82, 2.24) is 9.55 Å². The van der Waals surface area contributed by atoms with Crippen LogP contribution in [0.1, 0.15) is 5.82 Å². The normalized spacial score (nSPS) is 13.0. The number of nitrogens with zero attached hydrogens (tertiary/aromatic N) is 2. The maximum atomic E-state index is 12.6. The summed E-state index contributed by atoms with van der Waals surface area (Å²) >= 11 is 0. The first kappa shape index (κ1) is 13.5. The summed E-state index contributed by atoms with van der Waals surface area (Å²) in [5.74, 6) is -1.79. The van der Waals surface area contributed by atoms with E-state index in [1.165, 1.54) is 0 Å². The first-order valence-corrected chi connectivity index (χ1v) is 4.87. The Morgan fingerprint density at radius 3 is 2.26 bits per heavy atom. The summed E-state index contributed by atoms with van der Waals surface area (Å²) in [6.07, 6.45) is -9.59. The Labute approximate surface area is 102 Å². The molecule has 0 aliphatic rings. The Balaban J connectivity index is 2.52. The molecular weight excluding hydrogens is 278 g/mol. The van der Waals surface area contributed by atoms with Crippen molar-refractivity contribution in [2.45, 2.75) is 12.5 Å². The number of aromatic nitrogens is 2. The van der Waals surface area contributed by atoms with Crippen LogP contribution in [0.3, 0.4) is 0 Å². The fourth-order valence-electron chi connectivity index (χ4n) is 1.62. The lowest BCUT2D eigenvalue weighted by atomic mass is 10.3. The van der Waals surface area contributed by atoms with Crippen LogP contribution >= 0.6 is 0 Å². The lowest BCUT2D eigenvalue weighted by molar-refractivity contribution is -0.274. The fraction of sp³-hybridized carbons (Fsp3) is 0.300. The number of rotatable bonds is 1. The second-order valence-electron chi connectivity index (χ2n) is 3.69. The average molecular weight is 284 g/mol. The van der Waals surface area contributed by atoms with Crippen LogP contribution in [0.2, 0.25) is 0 Å². The number of aryl methyl sites for hydroxylation is 1. The zero-order valence-corrected chi connectivity index (χ0v) is 9.30. The van der Waals surface area contributed by atoms with Gasteiger partial charge in [-0.3, -0.25) is 0 Å². The average Bonchev–Trinajstić information content (AvgIpc) is 2.53. The molecule has 0 amide bonds. The van der Waals surface area contributed by atoms with Gasteiger partial charge in [0.1, 0.15) is 5.75 Å². The van der Waals surface area contributed by atoms with E-state index in [1.54, 1.807) is 0 Å². The standard InChI is InChI=1S/C10H6F6N2O/c1-18-7-4-5(19-10(14,15)16)2-3-6(7)17-8(18)9(11,12)13/h2-4H,1H3. The van der Waals surface area contributed by atoms with Crippen molar-refractivity contribution in [3.8, 4) is 5.75 Å². The van der Waals surface area contributed by atoms with Crippen LogP contribution in [0.5, 0.6) is 5.75 Å². The SMILES string of the molecule is Cn1c(C(F)(F)F)nc2ccc(OC(F)(F)F)cc21. The molecule has 1 heterocycles. The molecule has 0 atom stereocenters. The van der Waals surface area contributed by atoms with Gasteiger partial charge in [-0.2, -0.15) is 13.2 Å². The molecule has 0 unspecified atom stereocenters. The van der Waals surface area contributed by atoms with Crippen LogP contribution in [-0.2, 0) is 13.2 Å². The number of alkyl halides is 6. The number of halogens is 6. The molecule has 2 aromatic rings. The Bertz CT molecular complexity index is 613. The highest BCUT2D eigenvalue weighted by Gasteiger charge is 2.37. The molecule has 0 saturated heterocycles. The molecule has 0 saturated carbocycles. The predicted molar refractivity (Wildman–Crippen MR) is 52.4 cm³/mol. The van der Waals surface area contributed by atoms with Gasteiger partial charge in [-0.15, -0.1) is 13.2 Å². The first-order valence-electron chi connectivity index (χ1n) is 4.87. The van der Waals surface area contributed by atoms with Gasteiger partial charge in [0, 0.05) is 13.1 Å². The van der Waals surface area contributed by atoms with Crippen LogP contribution in [0.4, 0.5) is 26.3 Å². The molecule has 0 radical (unpaired) electrons. The maximum absolute atomic E-state index is 12.6. The summed E-state index contributed by atoms with van der Waals surface area (Å²) in [7, 11) is 1.07.